The van der Waals surface area contributed by atoms with Gasteiger partial charge in [-0.1, -0.05) is 41.7 Å². The summed E-state index contributed by atoms with van der Waals surface area (Å²) in [5, 5.41) is 10.6. The van der Waals surface area contributed by atoms with Crippen LogP contribution in [0.2, 0.25) is 0 Å². The summed E-state index contributed by atoms with van der Waals surface area (Å²) < 4.78 is 5.38. The summed E-state index contributed by atoms with van der Waals surface area (Å²) in [5.74, 6) is 0.489. The van der Waals surface area contributed by atoms with Crippen LogP contribution in [0.3, 0.4) is 0 Å². The SMILES string of the molecule is NC(c1ccccc1)c1nnc(C2CCOCC2)s1. The van der Waals surface area contributed by atoms with E-state index < -0.39 is 0 Å². The van der Waals surface area contributed by atoms with Crippen LogP contribution in [0, 0.1) is 0 Å². The lowest BCUT2D eigenvalue weighted by Gasteiger charge is -2.19. The Morgan fingerprint density at radius 1 is 1.16 bits per heavy atom. The number of nitrogens with two attached hydrogens (primary N) is 1. The van der Waals surface area contributed by atoms with Gasteiger partial charge in [0, 0.05) is 19.1 Å². The summed E-state index contributed by atoms with van der Waals surface area (Å²) in [6.07, 6.45) is 2.07. The van der Waals surface area contributed by atoms with Gasteiger partial charge in [0.15, 0.2) is 0 Å². The molecule has 1 aromatic carbocycles. The van der Waals surface area contributed by atoms with Crippen LogP contribution in [0.25, 0.3) is 0 Å². The number of hydrogen-bond donors (Lipinski definition) is 1. The van der Waals surface area contributed by atoms with E-state index >= 15 is 0 Å². The minimum absolute atomic E-state index is 0.174. The van der Waals surface area contributed by atoms with Crippen molar-refractivity contribution in [3.05, 3.63) is 45.9 Å². The molecule has 0 aliphatic carbocycles. The van der Waals surface area contributed by atoms with E-state index in [0.29, 0.717) is 5.92 Å². The standard InChI is InChI=1S/C14H17N3OS/c15-12(10-4-2-1-3-5-10)14-17-16-13(19-14)11-6-8-18-9-7-11/h1-5,11-12H,6-9,15H2. The van der Waals surface area contributed by atoms with Crippen LogP contribution >= 0.6 is 11.3 Å². The third-order valence-electron chi connectivity index (χ3n) is 3.45. The Balaban J connectivity index is 1.77. The first-order valence-electron chi connectivity index (χ1n) is 6.56. The Morgan fingerprint density at radius 3 is 2.63 bits per heavy atom. The van der Waals surface area contributed by atoms with Gasteiger partial charge in [0.2, 0.25) is 0 Å². The van der Waals surface area contributed by atoms with Crippen molar-refractivity contribution in [1.82, 2.24) is 10.2 Å². The molecule has 2 heterocycles. The second kappa shape index (κ2) is 5.77. The summed E-state index contributed by atoms with van der Waals surface area (Å²) >= 11 is 1.64. The van der Waals surface area contributed by atoms with Crippen LogP contribution < -0.4 is 5.73 Å². The predicted molar refractivity (Wildman–Crippen MR) is 75.2 cm³/mol. The van der Waals surface area contributed by atoms with Gasteiger partial charge in [-0.25, -0.2) is 0 Å². The highest BCUT2D eigenvalue weighted by atomic mass is 32.1. The third-order valence-corrected chi connectivity index (χ3v) is 4.62. The molecule has 0 bridgehead atoms. The van der Waals surface area contributed by atoms with Crippen molar-refractivity contribution in [3.63, 3.8) is 0 Å². The fraction of sp³-hybridized carbons (Fsp3) is 0.429. The molecular formula is C14H17N3OS. The summed E-state index contributed by atoms with van der Waals surface area (Å²) in [4.78, 5) is 0. The highest BCUT2D eigenvalue weighted by molar-refractivity contribution is 7.11. The van der Waals surface area contributed by atoms with Crippen molar-refractivity contribution >= 4 is 11.3 Å². The van der Waals surface area contributed by atoms with Gasteiger partial charge in [-0.15, -0.1) is 10.2 Å². The fourth-order valence-corrected chi connectivity index (χ4v) is 3.33. The number of benzene rings is 1. The van der Waals surface area contributed by atoms with E-state index in [4.69, 9.17) is 10.5 Å². The molecule has 1 aliphatic heterocycles. The molecule has 1 unspecified atom stereocenters. The zero-order valence-corrected chi connectivity index (χ0v) is 11.5. The molecule has 5 heteroatoms. The van der Waals surface area contributed by atoms with Crippen molar-refractivity contribution in [2.24, 2.45) is 5.73 Å². The van der Waals surface area contributed by atoms with E-state index in [0.717, 1.165) is 41.6 Å². The number of aromatic nitrogens is 2. The molecule has 1 aromatic heterocycles. The van der Waals surface area contributed by atoms with Crippen LogP contribution in [0.15, 0.2) is 30.3 Å². The van der Waals surface area contributed by atoms with Gasteiger partial charge < -0.3 is 10.5 Å². The molecule has 1 aliphatic rings. The molecule has 4 nitrogen and oxygen atoms in total. The molecule has 3 rings (SSSR count). The molecule has 0 radical (unpaired) electrons. The number of hydrogen-bond acceptors (Lipinski definition) is 5. The Hall–Kier alpha value is -1.30. The number of rotatable bonds is 3. The molecule has 0 amide bonds. The minimum atomic E-state index is -0.174. The largest absolute Gasteiger partial charge is 0.381 e. The molecule has 0 spiro atoms. The first-order valence-corrected chi connectivity index (χ1v) is 7.38. The van der Waals surface area contributed by atoms with E-state index in [-0.39, 0.29) is 6.04 Å². The molecule has 0 saturated carbocycles. The van der Waals surface area contributed by atoms with Crippen molar-refractivity contribution in [2.45, 2.75) is 24.8 Å². The Kier molecular flexibility index (Phi) is 3.87. The highest BCUT2D eigenvalue weighted by Crippen LogP contribution is 2.31. The Bertz CT molecular complexity index is 522. The molecule has 1 atom stereocenters. The number of nitrogens with zero attached hydrogens (tertiary/aromatic N) is 2. The van der Waals surface area contributed by atoms with Gasteiger partial charge in [-0.3, -0.25) is 0 Å². The van der Waals surface area contributed by atoms with Gasteiger partial charge in [-0.05, 0) is 18.4 Å². The van der Waals surface area contributed by atoms with Crippen LogP contribution in [0.4, 0.5) is 0 Å². The second-order valence-corrected chi connectivity index (χ2v) is 5.79. The normalized spacial score (nSPS) is 18.4. The summed E-state index contributed by atoms with van der Waals surface area (Å²) in [6, 6.07) is 9.86. The van der Waals surface area contributed by atoms with Crippen LogP contribution in [0.5, 0.6) is 0 Å². The zero-order valence-electron chi connectivity index (χ0n) is 10.7. The lowest BCUT2D eigenvalue weighted by molar-refractivity contribution is 0.0851. The molecule has 2 aromatic rings. The summed E-state index contributed by atoms with van der Waals surface area (Å²) in [6.45, 7) is 1.65. The smallest absolute Gasteiger partial charge is 0.138 e. The third kappa shape index (κ3) is 2.83. The van der Waals surface area contributed by atoms with Crippen molar-refractivity contribution in [1.29, 1.82) is 0 Å². The van der Waals surface area contributed by atoms with Crippen LogP contribution in [-0.2, 0) is 4.74 Å². The monoisotopic (exact) mass is 275 g/mol. The zero-order chi connectivity index (χ0) is 13.1. The predicted octanol–water partition coefficient (Wildman–Crippen LogP) is 2.48. The van der Waals surface area contributed by atoms with Gasteiger partial charge in [-0.2, -0.15) is 0 Å². The van der Waals surface area contributed by atoms with Gasteiger partial charge in [0.1, 0.15) is 10.0 Å². The lowest BCUT2D eigenvalue weighted by atomic mass is 10.0. The quantitative estimate of drug-likeness (QED) is 0.935. The minimum Gasteiger partial charge on any atom is -0.381 e. The van der Waals surface area contributed by atoms with Crippen LogP contribution in [0.1, 0.15) is 40.4 Å². The van der Waals surface area contributed by atoms with E-state index in [2.05, 4.69) is 10.2 Å². The second-order valence-electron chi connectivity index (χ2n) is 4.75. The Labute approximate surface area is 116 Å². The fourth-order valence-electron chi connectivity index (χ4n) is 2.28. The van der Waals surface area contributed by atoms with E-state index in [1.54, 1.807) is 11.3 Å². The van der Waals surface area contributed by atoms with E-state index in [9.17, 15) is 0 Å². The molecule has 2 N–H and O–H groups in total. The average Bonchev–Trinajstić information content (AvgIpc) is 2.98. The van der Waals surface area contributed by atoms with E-state index in [1.807, 2.05) is 30.3 Å². The van der Waals surface area contributed by atoms with Crippen molar-refractivity contribution < 1.29 is 4.74 Å². The molecular weight excluding hydrogens is 258 g/mol. The molecule has 100 valence electrons. The summed E-state index contributed by atoms with van der Waals surface area (Å²) in [5.41, 5.74) is 7.32. The maximum atomic E-state index is 6.24. The Morgan fingerprint density at radius 2 is 1.89 bits per heavy atom. The molecule has 1 saturated heterocycles. The van der Waals surface area contributed by atoms with Crippen molar-refractivity contribution in [2.75, 3.05) is 13.2 Å². The highest BCUT2D eigenvalue weighted by Gasteiger charge is 2.22. The topological polar surface area (TPSA) is 61.0 Å². The van der Waals surface area contributed by atoms with E-state index in [1.165, 1.54) is 0 Å². The molecule has 1 fully saturated rings. The first-order chi connectivity index (χ1) is 9.34. The average molecular weight is 275 g/mol. The van der Waals surface area contributed by atoms with Gasteiger partial charge >= 0.3 is 0 Å². The van der Waals surface area contributed by atoms with Gasteiger partial charge in [0.25, 0.3) is 0 Å². The van der Waals surface area contributed by atoms with Gasteiger partial charge in [0.05, 0.1) is 6.04 Å². The van der Waals surface area contributed by atoms with Crippen molar-refractivity contribution in [3.8, 4) is 0 Å². The maximum Gasteiger partial charge on any atom is 0.138 e. The maximum absolute atomic E-state index is 6.24. The summed E-state index contributed by atoms with van der Waals surface area (Å²) in [7, 11) is 0. The number of ether oxygens (including phenoxy) is 1. The molecule has 19 heavy (non-hydrogen) atoms. The first kappa shape index (κ1) is 12.7. The van der Waals surface area contributed by atoms with Crippen LogP contribution in [-0.4, -0.2) is 23.4 Å². The lowest BCUT2D eigenvalue weighted by Crippen LogP contribution is -2.13.